The Bertz CT molecular complexity index is 850. The van der Waals surface area contributed by atoms with E-state index in [-0.39, 0.29) is 17.0 Å². The molecule has 0 fully saturated rings. The summed E-state index contributed by atoms with van der Waals surface area (Å²) < 4.78 is 13.2. The van der Waals surface area contributed by atoms with Crippen LogP contribution in [0.2, 0.25) is 0 Å². The molecule has 3 aromatic rings. The molecule has 0 saturated carbocycles. The predicted molar refractivity (Wildman–Crippen MR) is 93.6 cm³/mol. The molecule has 0 aliphatic rings. The number of pyridine rings is 1. The van der Waals surface area contributed by atoms with Crippen molar-refractivity contribution in [2.75, 3.05) is 7.11 Å². The second kappa shape index (κ2) is 8.62. The Morgan fingerprint density at radius 3 is 2.60 bits per heavy atom. The highest BCUT2D eigenvalue weighted by Crippen LogP contribution is 2.26. The van der Waals surface area contributed by atoms with Gasteiger partial charge in [0.05, 0.1) is 13.3 Å². The van der Waals surface area contributed by atoms with E-state index in [9.17, 15) is 0 Å². The summed E-state index contributed by atoms with van der Waals surface area (Å²) in [4.78, 5) is 4.42. The van der Waals surface area contributed by atoms with Gasteiger partial charge in [-0.1, -0.05) is 5.57 Å². The first kappa shape index (κ1) is 18.9. The normalized spacial score (nSPS) is 10.0. The van der Waals surface area contributed by atoms with Crippen LogP contribution in [0, 0.1) is 0 Å². The van der Waals surface area contributed by atoms with Crippen molar-refractivity contribution in [1.29, 1.82) is 0 Å². The quantitative estimate of drug-likeness (QED) is 0.478. The molecule has 5 heteroatoms. The number of benzene rings is 1. The summed E-state index contributed by atoms with van der Waals surface area (Å²) in [6.45, 7) is 5.03. The number of oxazole rings is 1. The highest BCUT2D eigenvalue weighted by atomic mass is 79.9. The van der Waals surface area contributed by atoms with Crippen LogP contribution in [0.15, 0.2) is 71.1 Å². The van der Waals surface area contributed by atoms with E-state index in [0.717, 1.165) is 29.2 Å². The standard InChI is InChI=1S/C20H21N2O2.BrH/c1-15(2)10-12-22-11-4-5-17(14-22)20-21-13-19(24-20)16-6-8-18(23-3)9-7-16;/h4-11,13-14H,12H2,1-3H3;1H/q+1;/p-1. The Kier molecular flexibility index (Phi) is 6.53. The van der Waals surface area contributed by atoms with Crippen LogP contribution in [0.25, 0.3) is 22.8 Å². The fourth-order valence-corrected chi connectivity index (χ4v) is 2.35. The molecule has 0 radical (unpaired) electrons. The molecule has 2 heterocycles. The summed E-state index contributed by atoms with van der Waals surface area (Å²) in [6.07, 6.45) is 8.02. The van der Waals surface area contributed by atoms with Crippen molar-refractivity contribution in [2.45, 2.75) is 20.4 Å². The van der Waals surface area contributed by atoms with E-state index in [4.69, 9.17) is 9.15 Å². The van der Waals surface area contributed by atoms with Crippen LogP contribution in [-0.2, 0) is 6.54 Å². The lowest BCUT2D eigenvalue weighted by atomic mass is 10.2. The van der Waals surface area contributed by atoms with Gasteiger partial charge in [0.1, 0.15) is 11.3 Å². The average molecular weight is 401 g/mol. The van der Waals surface area contributed by atoms with Gasteiger partial charge in [0, 0.05) is 11.6 Å². The molecule has 0 atom stereocenters. The number of ether oxygens (including phenoxy) is 1. The Morgan fingerprint density at radius 1 is 1.16 bits per heavy atom. The Balaban J connectivity index is 0.00000225. The van der Waals surface area contributed by atoms with Crippen molar-refractivity contribution in [3.05, 3.63) is 66.6 Å². The van der Waals surface area contributed by atoms with E-state index < -0.39 is 0 Å². The zero-order valence-electron chi connectivity index (χ0n) is 14.6. The molecule has 0 N–H and O–H groups in total. The van der Waals surface area contributed by atoms with Crippen LogP contribution in [0.5, 0.6) is 5.75 Å². The highest BCUT2D eigenvalue weighted by Gasteiger charge is 2.11. The van der Waals surface area contributed by atoms with Gasteiger partial charge in [-0.25, -0.2) is 9.55 Å². The molecule has 3 rings (SSSR count). The van der Waals surface area contributed by atoms with Crippen molar-refractivity contribution in [2.24, 2.45) is 0 Å². The summed E-state index contributed by atoms with van der Waals surface area (Å²) >= 11 is 0. The molecule has 0 unspecified atom stereocenters. The van der Waals surface area contributed by atoms with Crippen LogP contribution in [0.1, 0.15) is 13.8 Å². The Labute approximate surface area is 158 Å². The second-order valence-corrected chi connectivity index (χ2v) is 5.83. The van der Waals surface area contributed by atoms with Crippen LogP contribution in [0.4, 0.5) is 0 Å². The minimum Gasteiger partial charge on any atom is -1.00 e. The van der Waals surface area contributed by atoms with E-state index in [0.29, 0.717) is 5.89 Å². The maximum absolute atomic E-state index is 5.93. The topological polar surface area (TPSA) is 39.1 Å². The van der Waals surface area contributed by atoms with Crippen LogP contribution >= 0.6 is 0 Å². The number of rotatable bonds is 5. The molecular weight excluding hydrogens is 380 g/mol. The number of allylic oxidation sites excluding steroid dienone is 2. The van der Waals surface area contributed by atoms with Gasteiger partial charge in [-0.15, -0.1) is 0 Å². The zero-order chi connectivity index (χ0) is 16.9. The first-order chi connectivity index (χ1) is 11.7. The van der Waals surface area contributed by atoms with Gasteiger partial charge in [0.15, 0.2) is 24.7 Å². The van der Waals surface area contributed by atoms with Gasteiger partial charge in [-0.05, 0) is 50.3 Å². The van der Waals surface area contributed by atoms with Crippen molar-refractivity contribution < 1.29 is 30.7 Å². The van der Waals surface area contributed by atoms with Gasteiger partial charge in [0.25, 0.3) is 0 Å². The van der Waals surface area contributed by atoms with Crippen LogP contribution < -0.4 is 26.3 Å². The number of halogens is 1. The van der Waals surface area contributed by atoms with Gasteiger partial charge in [-0.2, -0.15) is 0 Å². The van der Waals surface area contributed by atoms with Gasteiger partial charge in [0.2, 0.25) is 5.89 Å². The lowest BCUT2D eigenvalue weighted by molar-refractivity contribution is -0.686. The third-order valence-electron chi connectivity index (χ3n) is 3.70. The average Bonchev–Trinajstić information content (AvgIpc) is 3.10. The predicted octanol–water partition coefficient (Wildman–Crippen LogP) is 1.27. The van der Waals surface area contributed by atoms with Crippen molar-refractivity contribution in [3.8, 4) is 28.5 Å². The maximum atomic E-state index is 5.93. The number of hydrogen-bond donors (Lipinski definition) is 0. The Hall–Kier alpha value is -2.40. The summed E-state index contributed by atoms with van der Waals surface area (Å²) in [7, 11) is 1.65. The van der Waals surface area contributed by atoms with Crippen LogP contribution in [0.3, 0.4) is 0 Å². The SMILES string of the molecule is COc1ccc(-c2cnc(-c3ccc[n+](CC=C(C)C)c3)o2)cc1.[Br-]. The monoisotopic (exact) mass is 400 g/mol. The van der Waals surface area contributed by atoms with Gasteiger partial charge < -0.3 is 26.1 Å². The van der Waals surface area contributed by atoms with Crippen molar-refractivity contribution in [3.63, 3.8) is 0 Å². The van der Waals surface area contributed by atoms with E-state index >= 15 is 0 Å². The number of nitrogens with zero attached hydrogens (tertiary/aromatic N) is 2. The van der Waals surface area contributed by atoms with E-state index in [1.54, 1.807) is 13.3 Å². The lowest BCUT2D eigenvalue weighted by Crippen LogP contribution is -3.00. The third kappa shape index (κ3) is 4.79. The largest absolute Gasteiger partial charge is 1.00 e. The fourth-order valence-electron chi connectivity index (χ4n) is 2.35. The highest BCUT2D eigenvalue weighted by molar-refractivity contribution is 5.61. The molecule has 0 saturated heterocycles. The Morgan fingerprint density at radius 2 is 1.92 bits per heavy atom. The molecule has 4 nitrogen and oxygen atoms in total. The second-order valence-electron chi connectivity index (χ2n) is 5.83. The first-order valence-electron chi connectivity index (χ1n) is 7.89. The van der Waals surface area contributed by atoms with Gasteiger partial charge in [-0.3, -0.25) is 0 Å². The molecule has 0 spiro atoms. The maximum Gasteiger partial charge on any atom is 0.232 e. The minimum absolute atomic E-state index is 0. The minimum atomic E-state index is 0. The summed E-state index contributed by atoms with van der Waals surface area (Å²) in [6, 6.07) is 11.8. The summed E-state index contributed by atoms with van der Waals surface area (Å²) in [5.74, 6) is 2.18. The molecule has 25 heavy (non-hydrogen) atoms. The van der Waals surface area contributed by atoms with E-state index in [2.05, 4.69) is 29.5 Å². The number of aromatic nitrogens is 2. The lowest BCUT2D eigenvalue weighted by Gasteiger charge is -2.00. The molecule has 0 aliphatic carbocycles. The number of hydrogen-bond acceptors (Lipinski definition) is 3. The van der Waals surface area contributed by atoms with E-state index in [1.807, 2.05) is 48.8 Å². The summed E-state index contributed by atoms with van der Waals surface area (Å²) in [5.41, 5.74) is 3.23. The molecule has 0 amide bonds. The summed E-state index contributed by atoms with van der Waals surface area (Å²) in [5, 5.41) is 0. The molecule has 1 aromatic carbocycles. The molecule has 130 valence electrons. The zero-order valence-corrected chi connectivity index (χ0v) is 16.2. The fraction of sp³-hybridized carbons (Fsp3) is 0.200. The van der Waals surface area contributed by atoms with Gasteiger partial charge >= 0.3 is 0 Å². The van der Waals surface area contributed by atoms with Crippen molar-refractivity contribution >= 4 is 0 Å². The van der Waals surface area contributed by atoms with Crippen LogP contribution in [-0.4, -0.2) is 12.1 Å². The van der Waals surface area contributed by atoms with Crippen molar-refractivity contribution in [1.82, 2.24) is 4.98 Å². The smallest absolute Gasteiger partial charge is 0.232 e. The molecule has 0 bridgehead atoms. The first-order valence-corrected chi connectivity index (χ1v) is 7.89. The molecule has 2 aromatic heterocycles. The third-order valence-corrected chi connectivity index (χ3v) is 3.70. The van der Waals surface area contributed by atoms with E-state index in [1.165, 1.54) is 5.57 Å². The molecule has 0 aliphatic heterocycles. The molecular formula is C20H21BrN2O2. The number of methoxy groups -OCH3 is 1.